The Morgan fingerprint density at radius 2 is 1.85 bits per heavy atom. The second-order valence-electron chi connectivity index (χ2n) is 4.07. The molecule has 108 valence electrons. The zero-order chi connectivity index (χ0) is 14.5. The predicted molar refractivity (Wildman–Crippen MR) is 78.1 cm³/mol. The van der Waals surface area contributed by atoms with Crippen LogP contribution in [0.1, 0.15) is 26.6 Å². The van der Waals surface area contributed by atoms with Crippen LogP contribution in [-0.2, 0) is 6.42 Å². The fourth-order valence-corrected chi connectivity index (χ4v) is 2.19. The Balaban J connectivity index is 2.56. The fraction of sp³-hybridized carbons (Fsp3) is 0.429. The number of ether oxygens (including phenoxy) is 2. The maximum absolute atomic E-state index is 6.15. The van der Waals surface area contributed by atoms with Crippen molar-refractivity contribution in [1.29, 1.82) is 0 Å². The van der Waals surface area contributed by atoms with E-state index >= 15 is 0 Å². The van der Waals surface area contributed by atoms with E-state index in [2.05, 4.69) is 10.2 Å². The molecule has 0 aliphatic rings. The molecule has 5 nitrogen and oxygen atoms in total. The molecule has 0 spiro atoms. The van der Waals surface area contributed by atoms with Crippen LogP contribution in [0.15, 0.2) is 18.2 Å². The van der Waals surface area contributed by atoms with Gasteiger partial charge in [-0.15, -0.1) is 10.2 Å². The summed E-state index contributed by atoms with van der Waals surface area (Å²) >= 11 is 6.15. The minimum Gasteiger partial charge on any atom is -0.494 e. The average Bonchev–Trinajstić information content (AvgIpc) is 2.82. The molecule has 20 heavy (non-hydrogen) atoms. The molecule has 0 amide bonds. The van der Waals surface area contributed by atoms with E-state index in [0.717, 1.165) is 29.4 Å². The molecule has 0 unspecified atom stereocenters. The van der Waals surface area contributed by atoms with Gasteiger partial charge in [-0.05, 0) is 37.6 Å². The summed E-state index contributed by atoms with van der Waals surface area (Å²) in [6.45, 7) is 7.06. The molecule has 6 heteroatoms. The lowest BCUT2D eigenvalue weighted by atomic mass is 10.2. The molecule has 0 bridgehead atoms. The van der Waals surface area contributed by atoms with Crippen LogP contribution in [-0.4, -0.2) is 28.0 Å². The third-order valence-electron chi connectivity index (χ3n) is 2.79. The molecule has 2 aromatic rings. The first-order chi connectivity index (χ1) is 9.71. The van der Waals surface area contributed by atoms with Crippen molar-refractivity contribution in [1.82, 2.24) is 14.8 Å². The monoisotopic (exact) mass is 295 g/mol. The Morgan fingerprint density at radius 1 is 1.10 bits per heavy atom. The van der Waals surface area contributed by atoms with Crippen molar-refractivity contribution >= 4 is 11.6 Å². The first-order valence-corrected chi connectivity index (χ1v) is 7.08. The lowest BCUT2D eigenvalue weighted by Gasteiger charge is -2.14. The molecule has 2 rings (SSSR count). The van der Waals surface area contributed by atoms with Gasteiger partial charge in [-0.3, -0.25) is 4.57 Å². The number of rotatable bonds is 6. The van der Waals surface area contributed by atoms with Gasteiger partial charge in [0.25, 0.3) is 0 Å². The second-order valence-corrected chi connectivity index (χ2v) is 4.41. The molecule has 0 saturated carbocycles. The molecular formula is C14H18ClN3O2. The molecule has 0 fully saturated rings. The van der Waals surface area contributed by atoms with Gasteiger partial charge in [-0.1, -0.05) is 6.92 Å². The lowest BCUT2D eigenvalue weighted by Crippen LogP contribution is -2.05. The molecule has 1 aromatic carbocycles. The smallest absolute Gasteiger partial charge is 0.229 e. The molecule has 0 atom stereocenters. The van der Waals surface area contributed by atoms with Crippen LogP contribution in [0.4, 0.5) is 0 Å². The molecule has 0 saturated heterocycles. The van der Waals surface area contributed by atoms with Gasteiger partial charge in [0.1, 0.15) is 17.3 Å². The largest absolute Gasteiger partial charge is 0.494 e. The van der Waals surface area contributed by atoms with Crippen LogP contribution >= 0.6 is 11.6 Å². The summed E-state index contributed by atoms with van der Waals surface area (Å²) in [6, 6.07) is 5.64. The summed E-state index contributed by atoms with van der Waals surface area (Å²) in [4.78, 5) is 0. The third-order valence-corrected chi connectivity index (χ3v) is 3.03. The second kappa shape index (κ2) is 6.61. The number of hydrogen-bond acceptors (Lipinski definition) is 4. The fourth-order valence-electron chi connectivity index (χ4n) is 1.97. The first kappa shape index (κ1) is 14.7. The van der Waals surface area contributed by atoms with E-state index in [1.165, 1.54) is 0 Å². The molecule has 0 N–H and O–H groups in total. The Kier molecular flexibility index (Phi) is 4.84. The zero-order valence-corrected chi connectivity index (χ0v) is 12.6. The number of aryl methyl sites for hydroxylation is 1. The summed E-state index contributed by atoms with van der Waals surface area (Å²) < 4.78 is 13.0. The van der Waals surface area contributed by atoms with Gasteiger partial charge in [0, 0.05) is 12.5 Å². The molecule has 1 heterocycles. The first-order valence-electron chi connectivity index (χ1n) is 6.71. The SMILES string of the molecule is CCOc1ccc(OCC)c(-n2c(Cl)nnc2CC)c1. The summed E-state index contributed by atoms with van der Waals surface area (Å²) in [5.41, 5.74) is 0.796. The van der Waals surface area contributed by atoms with Gasteiger partial charge in [0.05, 0.1) is 18.9 Å². The lowest BCUT2D eigenvalue weighted by molar-refractivity contribution is 0.329. The summed E-state index contributed by atoms with van der Waals surface area (Å²) in [5, 5.41) is 8.31. The molecule has 0 radical (unpaired) electrons. The Labute approximate surface area is 123 Å². The van der Waals surface area contributed by atoms with Gasteiger partial charge in [0.15, 0.2) is 0 Å². The minimum atomic E-state index is 0.316. The van der Waals surface area contributed by atoms with Crippen molar-refractivity contribution in [2.75, 3.05) is 13.2 Å². The number of hydrogen-bond donors (Lipinski definition) is 0. The Morgan fingerprint density at radius 3 is 2.50 bits per heavy atom. The predicted octanol–water partition coefficient (Wildman–Crippen LogP) is 3.28. The van der Waals surface area contributed by atoms with Gasteiger partial charge >= 0.3 is 0 Å². The number of benzene rings is 1. The normalized spacial score (nSPS) is 10.6. The van der Waals surface area contributed by atoms with Crippen LogP contribution in [0.25, 0.3) is 5.69 Å². The van der Waals surface area contributed by atoms with E-state index in [0.29, 0.717) is 18.5 Å². The van der Waals surface area contributed by atoms with Crippen LogP contribution in [0.5, 0.6) is 11.5 Å². The maximum Gasteiger partial charge on any atom is 0.229 e. The summed E-state index contributed by atoms with van der Waals surface area (Å²) in [6.07, 6.45) is 0.726. The van der Waals surface area contributed by atoms with E-state index in [-0.39, 0.29) is 0 Å². The highest BCUT2D eigenvalue weighted by molar-refractivity contribution is 6.28. The highest BCUT2D eigenvalue weighted by Gasteiger charge is 2.16. The number of nitrogens with zero attached hydrogens (tertiary/aromatic N) is 3. The van der Waals surface area contributed by atoms with Gasteiger partial charge in [0.2, 0.25) is 5.28 Å². The van der Waals surface area contributed by atoms with E-state index in [1.807, 2.05) is 39.0 Å². The van der Waals surface area contributed by atoms with Gasteiger partial charge in [-0.2, -0.15) is 0 Å². The van der Waals surface area contributed by atoms with E-state index in [4.69, 9.17) is 21.1 Å². The summed E-state index contributed by atoms with van der Waals surface area (Å²) in [7, 11) is 0. The quantitative estimate of drug-likeness (QED) is 0.820. The van der Waals surface area contributed by atoms with Crippen molar-refractivity contribution in [3.8, 4) is 17.2 Å². The Bertz CT molecular complexity index is 584. The van der Waals surface area contributed by atoms with Crippen molar-refractivity contribution in [2.24, 2.45) is 0 Å². The summed E-state index contributed by atoms with van der Waals surface area (Å²) in [5.74, 6) is 2.27. The third kappa shape index (κ3) is 2.88. The highest BCUT2D eigenvalue weighted by Crippen LogP contribution is 2.31. The maximum atomic E-state index is 6.15. The van der Waals surface area contributed by atoms with Crippen molar-refractivity contribution in [3.05, 3.63) is 29.3 Å². The Hall–Kier alpha value is -1.75. The van der Waals surface area contributed by atoms with Crippen LogP contribution in [0, 0.1) is 0 Å². The van der Waals surface area contributed by atoms with Crippen LogP contribution < -0.4 is 9.47 Å². The zero-order valence-electron chi connectivity index (χ0n) is 11.9. The molecule has 1 aromatic heterocycles. The average molecular weight is 296 g/mol. The molecule has 0 aliphatic heterocycles. The standard InChI is InChI=1S/C14H18ClN3O2/c1-4-13-16-17-14(15)18(13)11-9-10(19-5-2)7-8-12(11)20-6-3/h7-9H,4-6H2,1-3H3. The number of halogens is 1. The van der Waals surface area contributed by atoms with Crippen LogP contribution in [0.3, 0.4) is 0 Å². The van der Waals surface area contributed by atoms with E-state index in [1.54, 1.807) is 4.57 Å². The van der Waals surface area contributed by atoms with Gasteiger partial charge < -0.3 is 9.47 Å². The van der Waals surface area contributed by atoms with Crippen molar-refractivity contribution in [2.45, 2.75) is 27.2 Å². The van der Waals surface area contributed by atoms with E-state index in [9.17, 15) is 0 Å². The van der Waals surface area contributed by atoms with Crippen LogP contribution in [0.2, 0.25) is 5.28 Å². The highest BCUT2D eigenvalue weighted by atomic mass is 35.5. The van der Waals surface area contributed by atoms with Crippen molar-refractivity contribution < 1.29 is 9.47 Å². The van der Waals surface area contributed by atoms with Gasteiger partial charge in [-0.25, -0.2) is 0 Å². The molecule has 0 aliphatic carbocycles. The van der Waals surface area contributed by atoms with Crippen molar-refractivity contribution in [3.63, 3.8) is 0 Å². The minimum absolute atomic E-state index is 0.316. The topological polar surface area (TPSA) is 49.2 Å². The molecular weight excluding hydrogens is 278 g/mol. The van der Waals surface area contributed by atoms with E-state index < -0.39 is 0 Å². The number of aromatic nitrogens is 3.